The molecule has 0 aliphatic heterocycles. The Morgan fingerprint density at radius 1 is 1.10 bits per heavy atom. The summed E-state index contributed by atoms with van der Waals surface area (Å²) in [6.07, 6.45) is 0. The van der Waals surface area contributed by atoms with E-state index in [0.717, 1.165) is 11.1 Å². The maximum Gasteiger partial charge on any atom is 0.254 e. The first-order valence-corrected chi connectivity index (χ1v) is 7.10. The van der Waals surface area contributed by atoms with E-state index >= 15 is 0 Å². The van der Waals surface area contributed by atoms with Crippen LogP contribution in [0.4, 0.5) is 5.69 Å². The van der Waals surface area contributed by atoms with Gasteiger partial charge < -0.3 is 10.6 Å². The maximum atomic E-state index is 12.6. The third-order valence-corrected chi connectivity index (χ3v) is 3.99. The minimum absolute atomic E-state index is 0.0145. The zero-order valence-electron chi connectivity index (χ0n) is 13.1. The Morgan fingerprint density at radius 2 is 1.71 bits per heavy atom. The van der Waals surface area contributed by atoms with Gasteiger partial charge in [0.15, 0.2) is 0 Å². The highest BCUT2D eigenvalue weighted by Crippen LogP contribution is 2.22. The second-order valence-corrected chi connectivity index (χ2v) is 5.57. The summed E-state index contributed by atoms with van der Waals surface area (Å²) in [5, 5.41) is 0. The van der Waals surface area contributed by atoms with Crippen molar-refractivity contribution in [3.63, 3.8) is 0 Å². The lowest BCUT2D eigenvalue weighted by Crippen LogP contribution is -2.29. The molecule has 0 fully saturated rings. The van der Waals surface area contributed by atoms with Gasteiger partial charge >= 0.3 is 0 Å². The number of carbonyl (C=O) groups is 1. The van der Waals surface area contributed by atoms with E-state index in [1.807, 2.05) is 33.0 Å². The van der Waals surface area contributed by atoms with Gasteiger partial charge in [0.25, 0.3) is 5.91 Å². The summed E-state index contributed by atoms with van der Waals surface area (Å²) >= 11 is 0. The molecule has 110 valence electrons. The van der Waals surface area contributed by atoms with Crippen molar-refractivity contribution in [1.82, 2.24) is 4.90 Å². The molecular weight excluding hydrogens is 260 g/mol. The van der Waals surface area contributed by atoms with Crippen LogP contribution in [0.1, 0.15) is 40.0 Å². The van der Waals surface area contributed by atoms with E-state index in [9.17, 15) is 4.79 Å². The molecule has 0 bridgehead atoms. The third kappa shape index (κ3) is 3.24. The summed E-state index contributed by atoms with van der Waals surface area (Å²) in [4.78, 5) is 14.3. The lowest BCUT2D eigenvalue weighted by atomic mass is 10.0. The summed E-state index contributed by atoms with van der Waals surface area (Å²) in [5.74, 6) is -0.0187. The first kappa shape index (κ1) is 15.1. The van der Waals surface area contributed by atoms with E-state index in [0.29, 0.717) is 11.3 Å². The fourth-order valence-electron chi connectivity index (χ4n) is 2.22. The van der Waals surface area contributed by atoms with Gasteiger partial charge in [0.05, 0.1) is 6.04 Å². The number of aryl methyl sites for hydroxylation is 2. The number of nitrogen functional groups attached to an aromatic ring is 1. The van der Waals surface area contributed by atoms with Crippen LogP contribution in [0.15, 0.2) is 42.5 Å². The minimum Gasteiger partial charge on any atom is -0.398 e. The number of nitrogens with two attached hydrogens (primary N) is 1. The molecule has 3 heteroatoms. The van der Waals surface area contributed by atoms with Crippen LogP contribution in [0.2, 0.25) is 0 Å². The number of amides is 1. The number of benzene rings is 2. The van der Waals surface area contributed by atoms with Crippen LogP contribution < -0.4 is 5.73 Å². The Bertz CT molecular complexity index is 647. The maximum absolute atomic E-state index is 12.6. The molecule has 1 atom stereocenters. The molecule has 0 saturated carbocycles. The van der Waals surface area contributed by atoms with Gasteiger partial charge in [-0.05, 0) is 44.0 Å². The van der Waals surface area contributed by atoms with E-state index in [1.165, 1.54) is 5.56 Å². The van der Waals surface area contributed by atoms with Gasteiger partial charge in [-0.3, -0.25) is 4.79 Å². The number of hydrogen-bond acceptors (Lipinski definition) is 2. The number of nitrogens with zero attached hydrogens (tertiary/aromatic N) is 1. The average molecular weight is 282 g/mol. The fourth-order valence-corrected chi connectivity index (χ4v) is 2.22. The van der Waals surface area contributed by atoms with Gasteiger partial charge in [0.1, 0.15) is 0 Å². The first-order valence-electron chi connectivity index (χ1n) is 7.10. The van der Waals surface area contributed by atoms with E-state index < -0.39 is 0 Å². The molecule has 0 saturated heterocycles. The monoisotopic (exact) mass is 282 g/mol. The highest BCUT2D eigenvalue weighted by Gasteiger charge is 2.19. The first-order chi connectivity index (χ1) is 9.90. The molecule has 0 aromatic heterocycles. The molecule has 2 aromatic carbocycles. The third-order valence-electron chi connectivity index (χ3n) is 3.99. The Kier molecular flexibility index (Phi) is 4.32. The van der Waals surface area contributed by atoms with Crippen molar-refractivity contribution in [2.45, 2.75) is 26.8 Å². The Morgan fingerprint density at radius 3 is 2.29 bits per heavy atom. The predicted molar refractivity (Wildman–Crippen MR) is 87.3 cm³/mol. The zero-order valence-corrected chi connectivity index (χ0v) is 13.1. The second kappa shape index (κ2) is 6.00. The molecule has 0 radical (unpaired) electrons. The van der Waals surface area contributed by atoms with Crippen molar-refractivity contribution in [3.8, 4) is 0 Å². The van der Waals surface area contributed by atoms with E-state index in [4.69, 9.17) is 5.73 Å². The van der Waals surface area contributed by atoms with Crippen LogP contribution >= 0.6 is 0 Å². The van der Waals surface area contributed by atoms with Gasteiger partial charge in [-0.2, -0.15) is 0 Å². The summed E-state index contributed by atoms with van der Waals surface area (Å²) in [5.41, 5.74) is 10.5. The highest BCUT2D eigenvalue weighted by atomic mass is 16.2. The van der Waals surface area contributed by atoms with Crippen molar-refractivity contribution in [2.24, 2.45) is 0 Å². The molecular formula is C18H22N2O. The van der Waals surface area contributed by atoms with Crippen molar-refractivity contribution < 1.29 is 4.79 Å². The number of rotatable bonds is 3. The lowest BCUT2D eigenvalue weighted by molar-refractivity contribution is 0.0742. The van der Waals surface area contributed by atoms with Crippen molar-refractivity contribution >= 4 is 11.6 Å². The van der Waals surface area contributed by atoms with Crippen LogP contribution in [0.5, 0.6) is 0 Å². The van der Waals surface area contributed by atoms with Crippen LogP contribution in [-0.2, 0) is 0 Å². The molecule has 1 unspecified atom stereocenters. The quantitative estimate of drug-likeness (QED) is 0.872. The molecule has 0 spiro atoms. The Labute approximate surface area is 126 Å². The summed E-state index contributed by atoms with van der Waals surface area (Å²) in [6.45, 7) is 6.01. The minimum atomic E-state index is -0.0187. The van der Waals surface area contributed by atoms with Gasteiger partial charge in [0, 0.05) is 18.3 Å². The lowest BCUT2D eigenvalue weighted by Gasteiger charge is -2.25. The molecule has 3 nitrogen and oxygen atoms in total. The number of carbonyl (C=O) groups excluding carboxylic acids is 1. The number of anilines is 1. The van der Waals surface area contributed by atoms with Crippen LogP contribution in [0, 0.1) is 13.8 Å². The van der Waals surface area contributed by atoms with E-state index in [1.54, 1.807) is 11.0 Å². The Hall–Kier alpha value is -2.29. The van der Waals surface area contributed by atoms with Gasteiger partial charge in [-0.15, -0.1) is 0 Å². The fraction of sp³-hybridized carbons (Fsp3) is 0.278. The normalized spacial score (nSPS) is 12.0. The SMILES string of the molecule is Cc1ccc(C(C)N(C)C(=O)c2ccc(C)c(N)c2)cc1. The van der Waals surface area contributed by atoms with E-state index in [-0.39, 0.29) is 11.9 Å². The van der Waals surface area contributed by atoms with Crippen LogP contribution in [0.3, 0.4) is 0 Å². The molecule has 0 aliphatic carbocycles. The van der Waals surface area contributed by atoms with Crippen molar-refractivity contribution in [1.29, 1.82) is 0 Å². The van der Waals surface area contributed by atoms with Crippen LogP contribution in [-0.4, -0.2) is 17.9 Å². The molecule has 2 aromatic rings. The van der Waals surface area contributed by atoms with E-state index in [2.05, 4.69) is 31.2 Å². The molecule has 0 aliphatic rings. The summed E-state index contributed by atoms with van der Waals surface area (Å²) in [6, 6.07) is 13.7. The predicted octanol–water partition coefficient (Wildman–Crippen LogP) is 3.72. The second-order valence-electron chi connectivity index (χ2n) is 5.57. The van der Waals surface area contributed by atoms with Crippen molar-refractivity contribution in [2.75, 3.05) is 12.8 Å². The van der Waals surface area contributed by atoms with Crippen LogP contribution in [0.25, 0.3) is 0 Å². The molecule has 2 N–H and O–H groups in total. The van der Waals surface area contributed by atoms with Crippen molar-refractivity contribution in [3.05, 3.63) is 64.7 Å². The zero-order chi connectivity index (χ0) is 15.6. The van der Waals surface area contributed by atoms with Gasteiger partial charge in [-0.1, -0.05) is 35.9 Å². The largest absolute Gasteiger partial charge is 0.398 e. The topological polar surface area (TPSA) is 46.3 Å². The standard InChI is InChI=1S/C18H22N2O/c1-12-5-8-15(9-6-12)14(3)20(4)18(21)16-10-7-13(2)17(19)11-16/h5-11,14H,19H2,1-4H3. The summed E-state index contributed by atoms with van der Waals surface area (Å²) in [7, 11) is 1.82. The molecule has 21 heavy (non-hydrogen) atoms. The summed E-state index contributed by atoms with van der Waals surface area (Å²) < 4.78 is 0. The number of hydrogen-bond donors (Lipinski definition) is 1. The molecule has 0 heterocycles. The molecule has 1 amide bonds. The Balaban J connectivity index is 2.21. The highest BCUT2D eigenvalue weighted by molar-refractivity contribution is 5.95. The van der Waals surface area contributed by atoms with Gasteiger partial charge in [0.2, 0.25) is 0 Å². The van der Waals surface area contributed by atoms with Gasteiger partial charge in [-0.25, -0.2) is 0 Å². The average Bonchev–Trinajstić information content (AvgIpc) is 2.48. The smallest absolute Gasteiger partial charge is 0.254 e. The molecule has 2 rings (SSSR count).